The van der Waals surface area contributed by atoms with Gasteiger partial charge in [-0.25, -0.2) is 0 Å². The highest BCUT2D eigenvalue weighted by Gasteiger charge is 2.36. The van der Waals surface area contributed by atoms with Gasteiger partial charge in [-0.05, 0) is 31.5 Å². The molecule has 1 aromatic rings. The minimum absolute atomic E-state index is 0.0280. The van der Waals surface area contributed by atoms with E-state index in [0.717, 1.165) is 5.56 Å². The molecule has 0 saturated carbocycles. The first-order valence-corrected chi connectivity index (χ1v) is 7.64. The van der Waals surface area contributed by atoms with Crippen LogP contribution in [0.5, 0.6) is 0 Å². The first-order valence-electron chi connectivity index (χ1n) is 6.89. The van der Waals surface area contributed by atoms with Crippen molar-refractivity contribution >= 4 is 29.1 Å². The zero-order valence-corrected chi connectivity index (χ0v) is 13.7. The lowest BCUT2D eigenvalue weighted by atomic mass is 9.93. The minimum atomic E-state index is -0.506. The molecule has 1 aliphatic heterocycles. The van der Waals surface area contributed by atoms with Crippen molar-refractivity contribution in [2.75, 3.05) is 19.8 Å². The van der Waals surface area contributed by atoms with Crippen LogP contribution in [0, 0.1) is 0 Å². The predicted molar refractivity (Wildman–Crippen MR) is 84.8 cm³/mol. The molecule has 21 heavy (non-hydrogen) atoms. The Hall–Kier alpha value is -0.810. The Balaban J connectivity index is 2.12. The van der Waals surface area contributed by atoms with Crippen molar-refractivity contribution in [1.29, 1.82) is 0 Å². The maximum atomic E-state index is 12.6. The van der Waals surface area contributed by atoms with E-state index in [4.69, 9.17) is 33.7 Å². The maximum absolute atomic E-state index is 12.6. The normalized spacial score (nSPS) is 19.7. The number of ether oxygens (including phenoxy) is 1. The third kappa shape index (κ3) is 4.10. The van der Waals surface area contributed by atoms with Crippen LogP contribution in [0.3, 0.4) is 0 Å². The Kier molecular flexibility index (Phi) is 5.15. The third-order valence-corrected chi connectivity index (χ3v) is 4.39. The summed E-state index contributed by atoms with van der Waals surface area (Å²) in [4.78, 5) is 14.4. The summed E-state index contributed by atoms with van der Waals surface area (Å²) in [7, 11) is 0. The average molecular weight is 331 g/mol. The van der Waals surface area contributed by atoms with E-state index in [1.807, 2.05) is 24.8 Å². The van der Waals surface area contributed by atoms with Gasteiger partial charge >= 0.3 is 0 Å². The minimum Gasteiger partial charge on any atom is -0.377 e. The number of halogens is 2. The Labute approximate surface area is 135 Å². The quantitative estimate of drug-likeness (QED) is 0.926. The Morgan fingerprint density at radius 3 is 2.76 bits per heavy atom. The number of carbonyl (C=O) groups excluding carboxylic acids is 1. The fraction of sp³-hybridized carbons (Fsp3) is 0.533. The highest BCUT2D eigenvalue weighted by molar-refractivity contribution is 6.42. The zero-order valence-electron chi connectivity index (χ0n) is 12.2. The van der Waals surface area contributed by atoms with Gasteiger partial charge in [0.05, 0.1) is 35.7 Å². The smallest absolute Gasteiger partial charge is 0.227 e. The lowest BCUT2D eigenvalue weighted by molar-refractivity contribution is -0.141. The molecule has 0 spiro atoms. The van der Waals surface area contributed by atoms with Crippen LogP contribution in [0.15, 0.2) is 18.2 Å². The van der Waals surface area contributed by atoms with Gasteiger partial charge in [-0.3, -0.25) is 4.79 Å². The van der Waals surface area contributed by atoms with Crippen LogP contribution >= 0.6 is 23.2 Å². The molecule has 1 saturated heterocycles. The molecule has 1 aliphatic rings. The number of carbonyl (C=O) groups is 1. The van der Waals surface area contributed by atoms with Gasteiger partial charge < -0.3 is 15.4 Å². The molecule has 0 aliphatic carbocycles. The molecule has 1 amide bonds. The summed E-state index contributed by atoms with van der Waals surface area (Å²) in [5, 5.41) is 0.944. The van der Waals surface area contributed by atoms with E-state index in [-0.39, 0.29) is 18.4 Å². The second kappa shape index (κ2) is 6.53. The van der Waals surface area contributed by atoms with Crippen molar-refractivity contribution in [3.05, 3.63) is 33.8 Å². The zero-order chi connectivity index (χ0) is 15.6. The molecular weight excluding hydrogens is 311 g/mol. The molecule has 1 atom stereocenters. The van der Waals surface area contributed by atoms with Crippen LogP contribution in [-0.2, 0) is 16.0 Å². The van der Waals surface area contributed by atoms with E-state index in [1.54, 1.807) is 12.1 Å². The lowest BCUT2D eigenvalue weighted by Gasteiger charge is -2.42. The van der Waals surface area contributed by atoms with E-state index < -0.39 is 5.54 Å². The summed E-state index contributed by atoms with van der Waals surface area (Å²) < 4.78 is 5.46. The summed E-state index contributed by atoms with van der Waals surface area (Å²) in [6.45, 7) is 5.39. The topological polar surface area (TPSA) is 55.6 Å². The van der Waals surface area contributed by atoms with Gasteiger partial charge in [-0.2, -0.15) is 0 Å². The number of hydrogen-bond acceptors (Lipinski definition) is 3. The molecule has 0 aromatic heterocycles. The van der Waals surface area contributed by atoms with Crippen molar-refractivity contribution in [3.63, 3.8) is 0 Å². The number of hydrogen-bond donors (Lipinski definition) is 1. The van der Waals surface area contributed by atoms with Crippen molar-refractivity contribution in [3.8, 4) is 0 Å². The van der Waals surface area contributed by atoms with E-state index >= 15 is 0 Å². The van der Waals surface area contributed by atoms with Crippen LogP contribution < -0.4 is 5.73 Å². The summed E-state index contributed by atoms with van der Waals surface area (Å²) in [6, 6.07) is 5.12. The molecule has 1 aromatic carbocycles. The molecule has 2 N–H and O–H groups in total. The van der Waals surface area contributed by atoms with Crippen molar-refractivity contribution < 1.29 is 9.53 Å². The number of nitrogens with zero attached hydrogens (tertiary/aromatic N) is 1. The predicted octanol–water partition coefficient (Wildman–Crippen LogP) is 2.50. The summed E-state index contributed by atoms with van der Waals surface area (Å²) in [5.41, 5.74) is 6.50. The van der Waals surface area contributed by atoms with Gasteiger partial charge in [0.1, 0.15) is 0 Å². The fourth-order valence-corrected chi connectivity index (χ4v) is 2.77. The Morgan fingerprint density at radius 2 is 2.14 bits per heavy atom. The second-order valence-electron chi connectivity index (χ2n) is 5.92. The van der Waals surface area contributed by atoms with E-state index in [9.17, 15) is 4.79 Å². The molecule has 116 valence electrons. The largest absolute Gasteiger partial charge is 0.377 e. The molecule has 6 heteroatoms. The van der Waals surface area contributed by atoms with Gasteiger partial charge in [-0.15, -0.1) is 0 Å². The molecule has 2 rings (SSSR count). The summed E-state index contributed by atoms with van der Waals surface area (Å²) >= 11 is 11.9. The summed E-state index contributed by atoms with van der Waals surface area (Å²) in [5.74, 6) is 0.0280. The van der Waals surface area contributed by atoms with Crippen LogP contribution in [0.1, 0.15) is 19.4 Å². The molecule has 1 unspecified atom stereocenters. The number of amides is 1. The maximum Gasteiger partial charge on any atom is 0.227 e. The molecular formula is C15H20Cl2N2O2. The van der Waals surface area contributed by atoms with Gasteiger partial charge in [0.15, 0.2) is 0 Å². The molecule has 0 radical (unpaired) electrons. The van der Waals surface area contributed by atoms with Crippen molar-refractivity contribution in [1.82, 2.24) is 4.90 Å². The standard InChI is InChI=1S/C15H20Cl2N2O2/c1-15(2,18)13-9-21-6-5-19(13)14(20)8-10-3-4-11(16)12(17)7-10/h3-4,7,13H,5-6,8-9,18H2,1-2H3. The third-order valence-electron chi connectivity index (χ3n) is 3.65. The highest BCUT2D eigenvalue weighted by Crippen LogP contribution is 2.24. The Morgan fingerprint density at radius 1 is 1.43 bits per heavy atom. The molecule has 1 fully saturated rings. The van der Waals surface area contributed by atoms with Gasteiger partial charge in [0, 0.05) is 12.1 Å². The van der Waals surface area contributed by atoms with Crippen LogP contribution in [-0.4, -0.2) is 42.1 Å². The lowest BCUT2D eigenvalue weighted by Crippen LogP contribution is -2.61. The van der Waals surface area contributed by atoms with Crippen LogP contribution in [0.4, 0.5) is 0 Å². The number of nitrogens with two attached hydrogens (primary N) is 1. The fourth-order valence-electron chi connectivity index (χ4n) is 2.44. The summed E-state index contributed by atoms with van der Waals surface area (Å²) in [6.07, 6.45) is 0.281. The number of rotatable bonds is 3. The van der Waals surface area contributed by atoms with E-state index in [2.05, 4.69) is 0 Å². The number of benzene rings is 1. The van der Waals surface area contributed by atoms with Gasteiger partial charge in [0.25, 0.3) is 0 Å². The Bertz CT molecular complexity index is 529. The molecule has 4 nitrogen and oxygen atoms in total. The first-order chi connectivity index (χ1) is 9.79. The van der Waals surface area contributed by atoms with Gasteiger partial charge in [0.2, 0.25) is 5.91 Å². The van der Waals surface area contributed by atoms with Crippen LogP contribution in [0.2, 0.25) is 10.0 Å². The molecule has 1 heterocycles. The van der Waals surface area contributed by atoms with E-state index in [1.165, 1.54) is 0 Å². The van der Waals surface area contributed by atoms with Crippen LogP contribution in [0.25, 0.3) is 0 Å². The monoisotopic (exact) mass is 330 g/mol. The second-order valence-corrected chi connectivity index (χ2v) is 6.74. The molecule has 0 bridgehead atoms. The number of morpholine rings is 1. The highest BCUT2D eigenvalue weighted by atomic mass is 35.5. The van der Waals surface area contributed by atoms with Gasteiger partial charge in [-0.1, -0.05) is 29.3 Å². The van der Waals surface area contributed by atoms with E-state index in [0.29, 0.717) is 29.8 Å². The SMILES string of the molecule is CC(C)(N)C1COCCN1C(=O)Cc1ccc(Cl)c(Cl)c1. The average Bonchev–Trinajstić information content (AvgIpc) is 2.42. The van der Waals surface area contributed by atoms with Crippen molar-refractivity contribution in [2.24, 2.45) is 5.73 Å². The van der Waals surface area contributed by atoms with Crippen molar-refractivity contribution in [2.45, 2.75) is 31.8 Å². The first kappa shape index (κ1) is 16.6.